The zero-order chi connectivity index (χ0) is 15.5. The van der Waals surface area contributed by atoms with Gasteiger partial charge in [-0.15, -0.1) is 0 Å². The molecule has 1 heterocycles. The Morgan fingerprint density at radius 1 is 1.19 bits per heavy atom. The molecule has 1 saturated carbocycles. The summed E-state index contributed by atoms with van der Waals surface area (Å²) in [4.78, 5) is 7.20. The number of nitrogens with two attached hydrogens (primary N) is 1. The minimum Gasteiger partial charge on any atom is -0.355 e. The number of nitrogens with zero attached hydrogens (tertiary/aromatic N) is 2. The molecule has 2 fully saturated rings. The van der Waals surface area contributed by atoms with Gasteiger partial charge < -0.3 is 10.6 Å². The third-order valence-electron chi connectivity index (χ3n) is 5.48. The number of rotatable bonds is 1. The van der Waals surface area contributed by atoms with Crippen LogP contribution in [0.3, 0.4) is 0 Å². The van der Waals surface area contributed by atoms with E-state index in [1.165, 1.54) is 57.2 Å². The Bertz CT molecular complexity index is 359. The summed E-state index contributed by atoms with van der Waals surface area (Å²) in [5.74, 6) is 2.06. The number of aliphatic imine (C=N–C) groups is 1. The van der Waals surface area contributed by atoms with Crippen molar-refractivity contribution in [2.45, 2.75) is 96.2 Å². The van der Waals surface area contributed by atoms with Crippen molar-refractivity contribution in [3.8, 4) is 0 Å². The van der Waals surface area contributed by atoms with Gasteiger partial charge in [0.05, 0.1) is 5.84 Å². The molecule has 0 bridgehead atoms. The molecule has 2 N–H and O–H groups in total. The normalized spacial score (nSPS) is 37.6. The number of hydrogen-bond acceptors (Lipinski definition) is 2. The van der Waals surface area contributed by atoms with Crippen LogP contribution in [0, 0.1) is 5.92 Å². The minimum atomic E-state index is 0.0176. The molecular weight excluding hydrogens is 258 g/mol. The van der Waals surface area contributed by atoms with E-state index >= 15 is 0 Å². The van der Waals surface area contributed by atoms with Gasteiger partial charge in [-0.05, 0) is 52.4 Å². The van der Waals surface area contributed by atoms with Crippen LogP contribution in [0.1, 0.15) is 78.6 Å². The molecule has 0 radical (unpaired) electrons. The van der Waals surface area contributed by atoms with Crippen LogP contribution in [-0.4, -0.2) is 35.4 Å². The molecule has 2 rings (SSSR count). The Labute approximate surface area is 131 Å². The Balaban J connectivity index is 2.22. The van der Waals surface area contributed by atoms with Crippen LogP contribution in [-0.2, 0) is 0 Å². The average molecular weight is 293 g/mol. The number of amidine groups is 1. The zero-order valence-electron chi connectivity index (χ0n) is 14.6. The van der Waals surface area contributed by atoms with Crippen LogP contribution in [0.4, 0.5) is 0 Å². The lowest BCUT2D eigenvalue weighted by atomic mass is 9.75. The third kappa shape index (κ3) is 4.21. The molecule has 2 aliphatic rings. The molecular formula is C18H35N3. The van der Waals surface area contributed by atoms with E-state index in [4.69, 9.17) is 5.73 Å². The van der Waals surface area contributed by atoms with Crippen molar-refractivity contribution in [1.29, 1.82) is 0 Å². The predicted molar refractivity (Wildman–Crippen MR) is 91.8 cm³/mol. The molecule has 3 nitrogen and oxygen atoms in total. The smallest absolute Gasteiger partial charge is 0.0990 e. The van der Waals surface area contributed by atoms with Gasteiger partial charge in [-0.2, -0.15) is 0 Å². The largest absolute Gasteiger partial charge is 0.355 e. The van der Waals surface area contributed by atoms with E-state index < -0.39 is 0 Å². The first kappa shape index (κ1) is 16.8. The highest BCUT2D eigenvalue weighted by Crippen LogP contribution is 2.37. The second-order valence-electron chi connectivity index (χ2n) is 7.82. The van der Waals surface area contributed by atoms with Crippen LogP contribution in [0.5, 0.6) is 0 Å². The fraction of sp³-hybridized carbons (Fsp3) is 0.944. The van der Waals surface area contributed by atoms with Gasteiger partial charge in [0.15, 0.2) is 0 Å². The Kier molecular flexibility index (Phi) is 5.70. The zero-order valence-corrected chi connectivity index (χ0v) is 14.6. The fourth-order valence-electron chi connectivity index (χ4n) is 4.51. The van der Waals surface area contributed by atoms with Crippen molar-refractivity contribution >= 4 is 5.84 Å². The fourth-order valence-corrected chi connectivity index (χ4v) is 4.51. The van der Waals surface area contributed by atoms with Gasteiger partial charge in [-0.1, -0.05) is 25.7 Å². The standard InChI is InChI=1S/C18H35N3/c1-14(2)21-16-9-7-5-6-8-12-18(3,19)13-15(16)10-11-17(21)20-4/h14-16H,5-13,19H2,1-4H3/b20-17-. The van der Waals surface area contributed by atoms with Crippen LogP contribution in [0.15, 0.2) is 4.99 Å². The summed E-state index contributed by atoms with van der Waals surface area (Å²) in [6.45, 7) is 6.90. The van der Waals surface area contributed by atoms with Gasteiger partial charge in [0.1, 0.15) is 0 Å². The van der Waals surface area contributed by atoms with Crippen molar-refractivity contribution in [3.05, 3.63) is 0 Å². The van der Waals surface area contributed by atoms with E-state index in [2.05, 4.69) is 30.7 Å². The summed E-state index contributed by atoms with van der Waals surface area (Å²) in [5.41, 5.74) is 6.63. The first-order valence-corrected chi connectivity index (χ1v) is 8.97. The first-order valence-electron chi connectivity index (χ1n) is 8.97. The van der Waals surface area contributed by atoms with Crippen molar-refractivity contribution in [3.63, 3.8) is 0 Å². The summed E-state index contributed by atoms with van der Waals surface area (Å²) in [5, 5.41) is 0. The van der Waals surface area contributed by atoms with Crippen molar-refractivity contribution in [1.82, 2.24) is 4.90 Å². The number of piperidine rings is 1. The summed E-state index contributed by atoms with van der Waals surface area (Å²) in [7, 11) is 1.96. The number of likely N-dealkylation sites (tertiary alicyclic amines) is 1. The Morgan fingerprint density at radius 3 is 2.57 bits per heavy atom. The lowest BCUT2D eigenvalue weighted by Gasteiger charge is -2.48. The number of hydrogen-bond donors (Lipinski definition) is 1. The van der Waals surface area contributed by atoms with E-state index in [9.17, 15) is 0 Å². The van der Waals surface area contributed by atoms with Gasteiger partial charge in [0, 0.05) is 31.1 Å². The molecule has 0 aromatic rings. The van der Waals surface area contributed by atoms with Crippen LogP contribution >= 0.6 is 0 Å². The molecule has 1 aliphatic carbocycles. The van der Waals surface area contributed by atoms with Gasteiger partial charge in [0.25, 0.3) is 0 Å². The maximum Gasteiger partial charge on any atom is 0.0990 e. The lowest BCUT2D eigenvalue weighted by molar-refractivity contribution is 0.116. The molecule has 122 valence electrons. The SMILES string of the molecule is C/N=C1/CCC2CC(C)(N)CCCCCCC2N1C(C)C. The van der Waals surface area contributed by atoms with Gasteiger partial charge >= 0.3 is 0 Å². The molecule has 21 heavy (non-hydrogen) atoms. The maximum atomic E-state index is 6.61. The molecule has 3 heteroatoms. The lowest BCUT2D eigenvalue weighted by Crippen LogP contribution is -2.54. The van der Waals surface area contributed by atoms with Gasteiger partial charge in [0.2, 0.25) is 0 Å². The molecule has 1 saturated heterocycles. The van der Waals surface area contributed by atoms with E-state index in [0.717, 1.165) is 12.3 Å². The second kappa shape index (κ2) is 7.13. The quantitative estimate of drug-likeness (QED) is 0.795. The Hall–Kier alpha value is -0.570. The van der Waals surface area contributed by atoms with Gasteiger partial charge in [-0.25, -0.2) is 0 Å². The summed E-state index contributed by atoms with van der Waals surface area (Å²) in [6.07, 6.45) is 11.5. The molecule has 0 spiro atoms. The molecule has 0 aromatic heterocycles. The summed E-state index contributed by atoms with van der Waals surface area (Å²) < 4.78 is 0. The average Bonchev–Trinajstić information content (AvgIpc) is 2.42. The van der Waals surface area contributed by atoms with E-state index in [1.54, 1.807) is 0 Å². The highest BCUT2D eigenvalue weighted by atomic mass is 15.2. The predicted octanol–water partition coefficient (Wildman–Crippen LogP) is 3.97. The topological polar surface area (TPSA) is 41.6 Å². The van der Waals surface area contributed by atoms with Crippen molar-refractivity contribution in [2.75, 3.05) is 7.05 Å². The first-order chi connectivity index (χ1) is 9.94. The highest BCUT2D eigenvalue weighted by molar-refractivity contribution is 5.83. The van der Waals surface area contributed by atoms with E-state index in [-0.39, 0.29) is 5.54 Å². The van der Waals surface area contributed by atoms with Crippen LogP contribution in [0.25, 0.3) is 0 Å². The molecule has 0 amide bonds. The van der Waals surface area contributed by atoms with Crippen LogP contribution in [0.2, 0.25) is 0 Å². The Morgan fingerprint density at radius 2 is 1.90 bits per heavy atom. The summed E-state index contributed by atoms with van der Waals surface area (Å²) >= 11 is 0. The van der Waals surface area contributed by atoms with Crippen molar-refractivity contribution < 1.29 is 0 Å². The molecule has 0 aromatic carbocycles. The minimum absolute atomic E-state index is 0.0176. The highest BCUT2D eigenvalue weighted by Gasteiger charge is 2.38. The molecule has 3 atom stereocenters. The van der Waals surface area contributed by atoms with E-state index in [0.29, 0.717) is 12.1 Å². The number of fused-ring (bicyclic) bond motifs is 1. The van der Waals surface area contributed by atoms with Crippen molar-refractivity contribution in [2.24, 2.45) is 16.6 Å². The monoisotopic (exact) mass is 293 g/mol. The molecule has 1 aliphatic heterocycles. The third-order valence-corrected chi connectivity index (χ3v) is 5.48. The van der Waals surface area contributed by atoms with Crippen LogP contribution < -0.4 is 5.73 Å². The maximum absolute atomic E-state index is 6.61. The second-order valence-corrected chi connectivity index (χ2v) is 7.82. The van der Waals surface area contributed by atoms with Gasteiger partial charge in [-0.3, -0.25) is 4.99 Å². The van der Waals surface area contributed by atoms with E-state index in [1.807, 2.05) is 7.05 Å². The summed E-state index contributed by atoms with van der Waals surface area (Å²) in [6, 6.07) is 1.20. The molecule has 3 unspecified atom stereocenters.